The minimum atomic E-state index is -2.74. The first-order valence-electron chi connectivity index (χ1n) is 5.20. The lowest BCUT2D eigenvalue weighted by Gasteiger charge is -2.08. The van der Waals surface area contributed by atoms with Crippen LogP contribution in [0.4, 0.5) is 14.5 Å². The zero-order valence-corrected chi connectivity index (χ0v) is 9.31. The Morgan fingerprint density at radius 2 is 1.89 bits per heavy atom. The summed E-state index contributed by atoms with van der Waals surface area (Å²) in [4.78, 5) is 11.9. The molecule has 0 saturated heterocycles. The minimum absolute atomic E-state index is 0.242. The van der Waals surface area contributed by atoms with E-state index < -0.39 is 12.3 Å². The first kappa shape index (κ1) is 12.1. The fourth-order valence-electron chi connectivity index (χ4n) is 1.60. The van der Waals surface area contributed by atoms with Crippen LogP contribution in [0.3, 0.4) is 0 Å². The molecule has 0 atom stereocenters. The number of anilines is 1. The van der Waals surface area contributed by atoms with Crippen LogP contribution in [0.5, 0.6) is 0 Å². The molecule has 4 nitrogen and oxygen atoms in total. The number of rotatable bonds is 3. The van der Waals surface area contributed by atoms with Crippen molar-refractivity contribution in [2.75, 3.05) is 11.2 Å². The van der Waals surface area contributed by atoms with Crippen LogP contribution in [-0.4, -0.2) is 10.6 Å². The smallest absolute Gasteiger partial charge is 0.274 e. The second-order valence-corrected chi connectivity index (χ2v) is 3.65. The fraction of sp³-hybridized carbons (Fsp3) is 0.0833. The lowest BCUT2D eigenvalue weighted by Crippen LogP contribution is -2.22. The van der Waals surface area contributed by atoms with Gasteiger partial charge in [-0.3, -0.25) is 9.47 Å². The Bertz CT molecular complexity index is 552. The maximum atomic E-state index is 12.7. The number of nitrogens with zero attached hydrogens (tertiary/aromatic N) is 1. The molecule has 18 heavy (non-hydrogen) atoms. The molecule has 0 aliphatic carbocycles. The summed E-state index contributed by atoms with van der Waals surface area (Å²) >= 11 is 0. The average Bonchev–Trinajstić information content (AvgIpc) is 2.72. The van der Waals surface area contributed by atoms with Crippen molar-refractivity contribution in [1.29, 1.82) is 0 Å². The molecule has 1 heterocycles. The van der Waals surface area contributed by atoms with Gasteiger partial charge in [0.2, 0.25) is 0 Å². The van der Waals surface area contributed by atoms with Gasteiger partial charge in [0.15, 0.2) is 0 Å². The molecule has 1 aromatic carbocycles. The van der Waals surface area contributed by atoms with E-state index in [1.165, 1.54) is 6.20 Å². The molecule has 1 amide bonds. The molecule has 0 bridgehead atoms. The number of nitrogen functional groups attached to an aromatic ring is 1. The van der Waals surface area contributed by atoms with Crippen LogP contribution >= 0.6 is 0 Å². The van der Waals surface area contributed by atoms with Crippen molar-refractivity contribution in [2.24, 2.45) is 0 Å². The molecule has 0 radical (unpaired) electrons. The topological polar surface area (TPSA) is 60.0 Å². The van der Waals surface area contributed by atoms with Gasteiger partial charge < -0.3 is 11.2 Å². The molecule has 0 saturated carbocycles. The van der Waals surface area contributed by atoms with Gasteiger partial charge in [-0.2, -0.15) is 0 Å². The van der Waals surface area contributed by atoms with Crippen molar-refractivity contribution in [1.82, 2.24) is 4.68 Å². The molecule has 1 aromatic heterocycles. The fourth-order valence-corrected chi connectivity index (χ4v) is 1.60. The zero-order chi connectivity index (χ0) is 13.1. The van der Waals surface area contributed by atoms with Gasteiger partial charge in [-0.25, -0.2) is 8.78 Å². The van der Waals surface area contributed by atoms with Gasteiger partial charge in [-0.1, -0.05) is 18.2 Å². The molecule has 0 aliphatic rings. The summed E-state index contributed by atoms with van der Waals surface area (Å²) in [5, 5.41) is 2.51. The largest absolute Gasteiger partial charge is 0.339 e. The SMILES string of the molecule is Nn1ccc(C(F)F)c1C(=O)Nc1ccccc1. The third-order valence-corrected chi connectivity index (χ3v) is 2.43. The van der Waals surface area contributed by atoms with Crippen molar-refractivity contribution in [3.63, 3.8) is 0 Å². The molecule has 2 rings (SSSR count). The molecular weight excluding hydrogens is 240 g/mol. The summed E-state index contributed by atoms with van der Waals surface area (Å²) < 4.78 is 26.3. The first-order chi connectivity index (χ1) is 8.59. The highest BCUT2D eigenvalue weighted by Crippen LogP contribution is 2.23. The minimum Gasteiger partial charge on any atom is -0.339 e. The summed E-state index contributed by atoms with van der Waals surface area (Å²) in [5.41, 5.74) is -0.108. The number of amides is 1. The van der Waals surface area contributed by atoms with Crippen molar-refractivity contribution < 1.29 is 13.6 Å². The zero-order valence-electron chi connectivity index (χ0n) is 9.31. The molecular formula is C12H11F2N3O. The van der Waals surface area contributed by atoms with E-state index in [0.717, 1.165) is 10.7 Å². The second kappa shape index (κ2) is 4.87. The summed E-state index contributed by atoms with van der Waals surface area (Å²) in [6.45, 7) is 0. The summed E-state index contributed by atoms with van der Waals surface area (Å²) in [6.07, 6.45) is -1.52. The van der Waals surface area contributed by atoms with E-state index in [2.05, 4.69) is 5.32 Å². The van der Waals surface area contributed by atoms with Crippen LogP contribution in [-0.2, 0) is 0 Å². The van der Waals surface area contributed by atoms with Gasteiger partial charge in [0.25, 0.3) is 12.3 Å². The van der Waals surface area contributed by atoms with E-state index in [4.69, 9.17) is 5.84 Å². The summed E-state index contributed by atoms with van der Waals surface area (Å²) in [7, 11) is 0. The normalized spacial score (nSPS) is 10.6. The molecule has 0 aliphatic heterocycles. The highest BCUT2D eigenvalue weighted by Gasteiger charge is 2.22. The Hall–Kier alpha value is -2.37. The molecule has 0 fully saturated rings. The van der Waals surface area contributed by atoms with Crippen molar-refractivity contribution in [3.05, 3.63) is 53.9 Å². The lowest BCUT2D eigenvalue weighted by atomic mass is 10.2. The van der Waals surface area contributed by atoms with E-state index in [9.17, 15) is 13.6 Å². The van der Waals surface area contributed by atoms with Crippen molar-refractivity contribution >= 4 is 11.6 Å². The predicted molar refractivity (Wildman–Crippen MR) is 63.9 cm³/mol. The quantitative estimate of drug-likeness (QED) is 0.823. The first-order valence-corrected chi connectivity index (χ1v) is 5.20. The van der Waals surface area contributed by atoms with Crippen LogP contribution in [0.1, 0.15) is 22.5 Å². The van der Waals surface area contributed by atoms with Crippen LogP contribution in [0.15, 0.2) is 42.6 Å². The molecule has 0 spiro atoms. The number of carbonyl (C=O) groups is 1. The summed E-state index contributed by atoms with van der Waals surface area (Å²) in [6, 6.07) is 9.68. The van der Waals surface area contributed by atoms with Crippen LogP contribution in [0.25, 0.3) is 0 Å². The number of nitrogens with two attached hydrogens (primary N) is 1. The lowest BCUT2D eigenvalue weighted by molar-refractivity contribution is 0.100. The number of hydrogen-bond acceptors (Lipinski definition) is 2. The Labute approximate surface area is 102 Å². The van der Waals surface area contributed by atoms with Gasteiger partial charge in [0, 0.05) is 11.9 Å². The van der Waals surface area contributed by atoms with E-state index >= 15 is 0 Å². The predicted octanol–water partition coefficient (Wildman–Crippen LogP) is 2.39. The van der Waals surface area contributed by atoms with Crippen LogP contribution in [0, 0.1) is 0 Å². The molecule has 3 N–H and O–H groups in total. The number of nitrogens with one attached hydrogen (secondary N) is 1. The maximum Gasteiger partial charge on any atom is 0.274 e. The average molecular weight is 251 g/mol. The number of hydrogen-bond donors (Lipinski definition) is 2. The van der Waals surface area contributed by atoms with Gasteiger partial charge in [-0.05, 0) is 18.2 Å². The van der Waals surface area contributed by atoms with E-state index in [1.807, 2.05) is 0 Å². The highest BCUT2D eigenvalue weighted by atomic mass is 19.3. The molecule has 2 aromatic rings. The number of benzene rings is 1. The van der Waals surface area contributed by atoms with E-state index in [1.54, 1.807) is 30.3 Å². The number of para-hydroxylation sites is 1. The third kappa shape index (κ3) is 2.32. The summed E-state index contributed by atoms with van der Waals surface area (Å²) in [5.74, 6) is 4.79. The Morgan fingerprint density at radius 3 is 2.50 bits per heavy atom. The van der Waals surface area contributed by atoms with Crippen LogP contribution < -0.4 is 11.2 Å². The number of carbonyl (C=O) groups excluding carboxylic acids is 1. The maximum absolute atomic E-state index is 12.7. The number of halogens is 2. The van der Waals surface area contributed by atoms with E-state index in [0.29, 0.717) is 5.69 Å². The van der Waals surface area contributed by atoms with Crippen LogP contribution in [0.2, 0.25) is 0 Å². The van der Waals surface area contributed by atoms with Gasteiger partial charge in [0.1, 0.15) is 5.69 Å². The standard InChI is InChI=1S/C12H11F2N3O/c13-11(14)9-6-7-17(15)10(9)12(18)16-8-4-2-1-3-5-8/h1-7,11H,15H2,(H,16,18). The highest BCUT2D eigenvalue weighted by molar-refractivity contribution is 6.04. The Kier molecular flexibility index (Phi) is 3.27. The third-order valence-electron chi connectivity index (χ3n) is 2.43. The van der Waals surface area contributed by atoms with Gasteiger partial charge >= 0.3 is 0 Å². The second-order valence-electron chi connectivity index (χ2n) is 3.65. The Morgan fingerprint density at radius 1 is 1.22 bits per heavy atom. The Balaban J connectivity index is 2.27. The molecule has 0 unspecified atom stereocenters. The van der Waals surface area contributed by atoms with E-state index in [-0.39, 0.29) is 11.3 Å². The molecule has 94 valence electrons. The molecule has 6 heteroatoms. The monoisotopic (exact) mass is 251 g/mol. The number of aromatic nitrogens is 1. The van der Waals surface area contributed by atoms with Gasteiger partial charge in [-0.15, -0.1) is 0 Å². The van der Waals surface area contributed by atoms with Crippen molar-refractivity contribution in [2.45, 2.75) is 6.43 Å². The van der Waals surface area contributed by atoms with Crippen molar-refractivity contribution in [3.8, 4) is 0 Å². The number of alkyl halides is 2. The van der Waals surface area contributed by atoms with Gasteiger partial charge in [0.05, 0.1) is 5.56 Å².